The fourth-order valence-corrected chi connectivity index (χ4v) is 2.82. The summed E-state index contributed by atoms with van der Waals surface area (Å²) in [4.78, 5) is 13.1. The van der Waals surface area contributed by atoms with Gasteiger partial charge in [-0.1, -0.05) is 18.2 Å². The molecule has 0 unspecified atom stereocenters. The molecule has 5 nitrogen and oxygen atoms in total. The van der Waals surface area contributed by atoms with Crippen LogP contribution in [0.15, 0.2) is 73.2 Å². The van der Waals surface area contributed by atoms with E-state index < -0.39 is 0 Å². The lowest BCUT2D eigenvalue weighted by Gasteiger charge is -2.09. The molecule has 152 valence electrons. The Hall–Kier alpha value is -2.44. The van der Waals surface area contributed by atoms with E-state index in [4.69, 9.17) is 5.73 Å². The van der Waals surface area contributed by atoms with Crippen LogP contribution in [0.1, 0.15) is 18.5 Å². The number of hydrogen-bond acceptors (Lipinski definition) is 5. The highest BCUT2D eigenvalue weighted by atomic mass is 35.5. The van der Waals surface area contributed by atoms with Crippen molar-refractivity contribution in [2.45, 2.75) is 13.0 Å². The number of rotatable bonds is 4. The van der Waals surface area contributed by atoms with Crippen LogP contribution in [0.5, 0.6) is 0 Å². The molecule has 0 saturated carbocycles. The summed E-state index contributed by atoms with van der Waals surface area (Å²) in [6, 6.07) is 18.2. The highest BCUT2D eigenvalue weighted by Crippen LogP contribution is 2.24. The van der Waals surface area contributed by atoms with Gasteiger partial charge in [0, 0.05) is 35.7 Å². The maximum absolute atomic E-state index is 5.88. The number of pyridine rings is 1. The average molecular weight is 451 g/mol. The molecule has 2 heterocycles. The molecular weight excluding hydrogens is 429 g/mol. The summed E-state index contributed by atoms with van der Waals surface area (Å²) in [5.74, 6) is 0.572. The first-order valence-corrected chi connectivity index (χ1v) is 8.49. The van der Waals surface area contributed by atoms with Crippen molar-refractivity contribution in [1.29, 1.82) is 0 Å². The molecule has 0 saturated heterocycles. The number of nitrogens with two attached hydrogens (primary N) is 1. The Morgan fingerprint density at radius 2 is 1.55 bits per heavy atom. The summed E-state index contributed by atoms with van der Waals surface area (Å²) in [6.45, 7) is 1.97. The standard InChI is InChI=1S/C21H19N5.3ClH/c1-14(22)15-2-5-19(6-3-15)25-21-24-13-18-12-17(4-7-20(18)26-21)16-8-10-23-11-9-16;;;/h2-14H,22H2,1H3,(H,24,25,26);3*1H/t14-;;;/m1.../s1. The van der Waals surface area contributed by atoms with Crippen LogP contribution in [0, 0.1) is 0 Å². The van der Waals surface area contributed by atoms with Gasteiger partial charge in [-0.25, -0.2) is 9.97 Å². The molecule has 0 bridgehead atoms. The van der Waals surface area contributed by atoms with E-state index in [1.165, 1.54) is 0 Å². The maximum Gasteiger partial charge on any atom is 0.227 e. The Balaban J connectivity index is 0.00000140. The molecule has 2 aromatic carbocycles. The molecule has 0 aliphatic heterocycles. The van der Waals surface area contributed by atoms with E-state index in [-0.39, 0.29) is 43.3 Å². The minimum absolute atomic E-state index is 0. The van der Waals surface area contributed by atoms with Crippen molar-refractivity contribution in [2.24, 2.45) is 5.73 Å². The number of halogens is 3. The third-order valence-electron chi connectivity index (χ3n) is 4.29. The molecule has 3 N–H and O–H groups in total. The van der Waals surface area contributed by atoms with Crippen molar-refractivity contribution < 1.29 is 0 Å². The Labute approximate surface area is 188 Å². The van der Waals surface area contributed by atoms with Crippen LogP contribution >= 0.6 is 37.2 Å². The third kappa shape index (κ3) is 5.78. The molecule has 1 atom stereocenters. The van der Waals surface area contributed by atoms with Crippen molar-refractivity contribution in [3.8, 4) is 11.1 Å². The lowest BCUT2D eigenvalue weighted by molar-refractivity contribution is 0.818. The second-order valence-corrected chi connectivity index (χ2v) is 6.24. The number of nitrogens with zero attached hydrogens (tertiary/aromatic N) is 3. The molecule has 29 heavy (non-hydrogen) atoms. The summed E-state index contributed by atoms with van der Waals surface area (Å²) < 4.78 is 0. The van der Waals surface area contributed by atoms with E-state index in [0.29, 0.717) is 5.95 Å². The highest BCUT2D eigenvalue weighted by Gasteiger charge is 2.04. The predicted molar refractivity (Wildman–Crippen MR) is 127 cm³/mol. The summed E-state index contributed by atoms with van der Waals surface area (Å²) in [7, 11) is 0. The van der Waals surface area contributed by atoms with Gasteiger partial charge in [-0.2, -0.15) is 0 Å². The first kappa shape index (κ1) is 24.6. The fourth-order valence-electron chi connectivity index (χ4n) is 2.82. The van der Waals surface area contributed by atoms with E-state index in [9.17, 15) is 0 Å². The summed E-state index contributed by atoms with van der Waals surface area (Å²) >= 11 is 0. The second-order valence-electron chi connectivity index (χ2n) is 6.24. The first-order chi connectivity index (χ1) is 12.7. The molecule has 2 aromatic heterocycles. The van der Waals surface area contributed by atoms with Crippen molar-refractivity contribution in [2.75, 3.05) is 5.32 Å². The number of hydrogen-bond donors (Lipinski definition) is 2. The average Bonchev–Trinajstić information content (AvgIpc) is 2.69. The molecule has 0 aliphatic carbocycles. The zero-order chi connectivity index (χ0) is 17.9. The molecule has 4 aromatic rings. The van der Waals surface area contributed by atoms with Gasteiger partial charge in [0.2, 0.25) is 5.95 Å². The summed E-state index contributed by atoms with van der Waals surface area (Å²) in [5.41, 5.74) is 11.1. The van der Waals surface area contributed by atoms with E-state index in [0.717, 1.165) is 33.3 Å². The number of fused-ring (bicyclic) bond motifs is 1. The summed E-state index contributed by atoms with van der Waals surface area (Å²) in [5, 5.41) is 4.23. The SMILES string of the molecule is C[C@@H](N)c1ccc(Nc2ncc3cc(-c4ccncc4)ccc3n2)cc1.Cl.Cl.Cl. The number of aromatic nitrogens is 3. The smallest absolute Gasteiger partial charge is 0.227 e. The van der Waals surface area contributed by atoms with Gasteiger partial charge in [0.25, 0.3) is 0 Å². The highest BCUT2D eigenvalue weighted by molar-refractivity contribution is 5.86. The van der Waals surface area contributed by atoms with E-state index in [2.05, 4.69) is 32.4 Å². The molecule has 0 fully saturated rings. The van der Waals surface area contributed by atoms with Crippen LogP contribution in [0.4, 0.5) is 11.6 Å². The Bertz CT molecular complexity index is 1040. The molecular formula is C21H22Cl3N5. The van der Waals surface area contributed by atoms with Gasteiger partial charge in [-0.3, -0.25) is 4.98 Å². The van der Waals surface area contributed by atoms with E-state index in [1.54, 1.807) is 12.4 Å². The van der Waals surface area contributed by atoms with Gasteiger partial charge in [0.1, 0.15) is 0 Å². The zero-order valence-corrected chi connectivity index (χ0v) is 18.1. The van der Waals surface area contributed by atoms with E-state index >= 15 is 0 Å². The summed E-state index contributed by atoms with van der Waals surface area (Å²) in [6.07, 6.45) is 5.42. The van der Waals surface area contributed by atoms with Gasteiger partial charge >= 0.3 is 0 Å². The third-order valence-corrected chi connectivity index (χ3v) is 4.29. The van der Waals surface area contributed by atoms with Crippen molar-refractivity contribution in [3.05, 3.63) is 78.8 Å². The second kappa shape index (κ2) is 10.9. The molecule has 0 spiro atoms. The minimum atomic E-state index is 0. The van der Waals surface area contributed by atoms with Crippen molar-refractivity contribution >= 4 is 59.8 Å². The van der Waals surface area contributed by atoms with Gasteiger partial charge in [0.15, 0.2) is 0 Å². The number of anilines is 2. The molecule has 0 radical (unpaired) electrons. The monoisotopic (exact) mass is 449 g/mol. The fraction of sp³-hybridized carbons (Fsp3) is 0.0952. The van der Waals surface area contributed by atoms with Crippen LogP contribution in [-0.2, 0) is 0 Å². The lowest BCUT2D eigenvalue weighted by Crippen LogP contribution is -2.04. The van der Waals surface area contributed by atoms with Crippen molar-refractivity contribution in [1.82, 2.24) is 15.0 Å². The van der Waals surface area contributed by atoms with Gasteiger partial charge in [-0.05, 0) is 60.0 Å². The Morgan fingerprint density at radius 1 is 0.862 bits per heavy atom. The molecule has 8 heteroatoms. The van der Waals surface area contributed by atoms with Crippen molar-refractivity contribution in [3.63, 3.8) is 0 Å². The maximum atomic E-state index is 5.88. The van der Waals surface area contributed by atoms with Gasteiger partial charge in [0.05, 0.1) is 5.52 Å². The zero-order valence-electron chi connectivity index (χ0n) is 15.6. The van der Waals surface area contributed by atoms with Crippen LogP contribution < -0.4 is 11.1 Å². The quantitative estimate of drug-likeness (QED) is 0.416. The Morgan fingerprint density at radius 3 is 2.21 bits per heavy atom. The first-order valence-electron chi connectivity index (χ1n) is 8.49. The molecule has 0 amide bonds. The largest absolute Gasteiger partial charge is 0.324 e. The molecule has 4 rings (SSSR count). The number of benzene rings is 2. The normalized spacial score (nSPS) is 10.8. The van der Waals surface area contributed by atoms with Gasteiger partial charge in [-0.15, -0.1) is 37.2 Å². The molecule has 0 aliphatic rings. The van der Waals surface area contributed by atoms with Crippen LogP contribution in [-0.4, -0.2) is 15.0 Å². The lowest BCUT2D eigenvalue weighted by atomic mass is 10.1. The predicted octanol–water partition coefficient (Wildman–Crippen LogP) is 5.72. The van der Waals surface area contributed by atoms with E-state index in [1.807, 2.05) is 55.6 Å². The number of nitrogens with one attached hydrogen (secondary N) is 1. The Kier molecular flexibility index (Phi) is 9.27. The van der Waals surface area contributed by atoms with Crippen LogP contribution in [0.2, 0.25) is 0 Å². The topological polar surface area (TPSA) is 76.7 Å². The van der Waals surface area contributed by atoms with Gasteiger partial charge < -0.3 is 11.1 Å². The van der Waals surface area contributed by atoms with Crippen LogP contribution in [0.25, 0.3) is 22.0 Å². The minimum Gasteiger partial charge on any atom is -0.324 e. The van der Waals surface area contributed by atoms with Crippen LogP contribution in [0.3, 0.4) is 0 Å².